The minimum absolute atomic E-state index is 0.279. The molecular formula is C24H27ClN8O. The number of anilines is 2. The second kappa shape index (κ2) is 7.63. The van der Waals surface area contributed by atoms with Crippen LogP contribution in [-0.2, 0) is 17.8 Å². The van der Waals surface area contributed by atoms with Gasteiger partial charge < -0.3 is 14.5 Å². The van der Waals surface area contributed by atoms with Crippen molar-refractivity contribution >= 4 is 23.5 Å². The summed E-state index contributed by atoms with van der Waals surface area (Å²) in [6.45, 7) is 9.10. The first-order chi connectivity index (χ1) is 16.6. The summed E-state index contributed by atoms with van der Waals surface area (Å²) in [5.41, 5.74) is 3.70. The van der Waals surface area contributed by atoms with Crippen molar-refractivity contribution in [3.8, 4) is 5.69 Å². The van der Waals surface area contributed by atoms with Crippen molar-refractivity contribution in [2.24, 2.45) is 5.41 Å². The highest BCUT2D eigenvalue weighted by atomic mass is 35.5. The number of halogens is 1. The number of benzene rings is 1. The molecule has 9 nitrogen and oxygen atoms in total. The number of aryl methyl sites for hydroxylation is 1. The zero-order chi connectivity index (χ0) is 22.9. The van der Waals surface area contributed by atoms with Gasteiger partial charge in [0.25, 0.3) is 0 Å². The number of aromatic nitrogens is 5. The Kier molecular flexibility index (Phi) is 4.62. The highest BCUT2D eigenvalue weighted by molar-refractivity contribution is 6.30. The summed E-state index contributed by atoms with van der Waals surface area (Å²) in [7, 11) is 0. The number of ether oxygens (including phenoxy) is 1. The van der Waals surface area contributed by atoms with Gasteiger partial charge in [-0.25, -0.2) is 9.97 Å². The molecule has 0 unspecified atom stereocenters. The molecule has 4 aliphatic rings. The molecule has 0 saturated carbocycles. The number of rotatable bonds is 3. The van der Waals surface area contributed by atoms with E-state index >= 15 is 0 Å². The number of nitrogens with zero attached hydrogens (tertiary/aromatic N) is 8. The molecule has 0 radical (unpaired) electrons. The van der Waals surface area contributed by atoms with Crippen LogP contribution in [0.15, 0.2) is 30.6 Å². The first-order valence-corrected chi connectivity index (χ1v) is 12.3. The second-order valence-corrected chi connectivity index (χ2v) is 10.7. The summed E-state index contributed by atoms with van der Waals surface area (Å²) >= 11 is 6.41. The molecule has 6 heterocycles. The van der Waals surface area contributed by atoms with Crippen LogP contribution in [0.5, 0.6) is 0 Å². The van der Waals surface area contributed by atoms with Crippen molar-refractivity contribution in [3.63, 3.8) is 0 Å². The quantitative estimate of drug-likeness (QED) is 0.568. The van der Waals surface area contributed by atoms with Gasteiger partial charge in [0.05, 0.1) is 18.8 Å². The molecule has 0 N–H and O–H groups in total. The Labute approximate surface area is 203 Å². The van der Waals surface area contributed by atoms with E-state index in [0.29, 0.717) is 6.04 Å². The van der Waals surface area contributed by atoms with Crippen LogP contribution in [0.1, 0.15) is 23.4 Å². The van der Waals surface area contributed by atoms with Gasteiger partial charge in [0.1, 0.15) is 0 Å². The maximum Gasteiger partial charge on any atom is 0.231 e. The molecule has 0 bridgehead atoms. The summed E-state index contributed by atoms with van der Waals surface area (Å²) in [5.74, 6) is 2.73. The van der Waals surface area contributed by atoms with Gasteiger partial charge in [-0.05, 0) is 42.7 Å². The highest BCUT2D eigenvalue weighted by Gasteiger charge is 2.54. The van der Waals surface area contributed by atoms with E-state index in [1.165, 1.54) is 5.56 Å². The lowest BCUT2D eigenvalue weighted by molar-refractivity contribution is 0.133. The second-order valence-electron chi connectivity index (χ2n) is 10.2. The average molecular weight is 479 g/mol. The third-order valence-corrected chi connectivity index (χ3v) is 7.81. The zero-order valence-electron chi connectivity index (χ0n) is 19.2. The standard InChI is InChI=1S/C24H27ClN8O/c1-16-7-26-22(27-8-16)31-12-24(13-31)14-32(15-24)23-29-28-21-10-30(19-4-5-34-11-19)9-17-6-18(25)2-3-20(17)33(21)23/h2-3,6-8,19H,4-5,9-15H2,1H3/t19-/m1/s1. The van der Waals surface area contributed by atoms with Crippen molar-refractivity contribution < 1.29 is 4.74 Å². The summed E-state index contributed by atoms with van der Waals surface area (Å²) < 4.78 is 7.92. The van der Waals surface area contributed by atoms with E-state index in [1.807, 2.05) is 25.4 Å². The first-order valence-electron chi connectivity index (χ1n) is 11.9. The first kappa shape index (κ1) is 20.6. The van der Waals surface area contributed by atoms with E-state index in [-0.39, 0.29) is 5.41 Å². The van der Waals surface area contributed by atoms with Gasteiger partial charge in [-0.15, -0.1) is 10.2 Å². The Bertz CT molecular complexity index is 1220. The molecule has 10 heteroatoms. The number of hydrogen-bond acceptors (Lipinski definition) is 8. The predicted octanol–water partition coefficient (Wildman–Crippen LogP) is 2.45. The largest absolute Gasteiger partial charge is 0.380 e. The third-order valence-electron chi connectivity index (χ3n) is 7.57. The lowest BCUT2D eigenvalue weighted by Crippen LogP contribution is -2.73. The van der Waals surface area contributed by atoms with E-state index in [4.69, 9.17) is 16.3 Å². The van der Waals surface area contributed by atoms with Crippen LogP contribution in [0.4, 0.5) is 11.9 Å². The van der Waals surface area contributed by atoms with Crippen molar-refractivity contribution in [1.29, 1.82) is 0 Å². The molecule has 0 aliphatic carbocycles. The van der Waals surface area contributed by atoms with Gasteiger partial charge in [0.15, 0.2) is 5.82 Å². The van der Waals surface area contributed by atoms with Gasteiger partial charge in [-0.3, -0.25) is 9.47 Å². The smallest absolute Gasteiger partial charge is 0.231 e. The fourth-order valence-electron chi connectivity index (χ4n) is 5.84. The monoisotopic (exact) mass is 478 g/mol. The van der Waals surface area contributed by atoms with Gasteiger partial charge in [-0.2, -0.15) is 0 Å². The highest BCUT2D eigenvalue weighted by Crippen LogP contribution is 2.43. The Morgan fingerprint density at radius 3 is 2.59 bits per heavy atom. The number of fused-ring (bicyclic) bond motifs is 3. The SMILES string of the molecule is Cc1cnc(N2CC3(C2)CN(c2nnc4n2-c2ccc(Cl)cc2CN([C@@H]2CCOC2)C4)C3)nc1. The molecule has 7 rings (SSSR count). The molecular weight excluding hydrogens is 452 g/mol. The predicted molar refractivity (Wildman–Crippen MR) is 128 cm³/mol. The lowest BCUT2D eigenvalue weighted by Gasteiger charge is -2.60. The van der Waals surface area contributed by atoms with Crippen LogP contribution in [0.25, 0.3) is 5.69 Å². The van der Waals surface area contributed by atoms with Crippen molar-refractivity contribution in [2.75, 3.05) is 49.2 Å². The van der Waals surface area contributed by atoms with Gasteiger partial charge in [-0.1, -0.05) is 11.6 Å². The molecule has 0 amide bonds. The minimum Gasteiger partial charge on any atom is -0.380 e. The van der Waals surface area contributed by atoms with Crippen LogP contribution in [0.3, 0.4) is 0 Å². The van der Waals surface area contributed by atoms with E-state index in [1.54, 1.807) is 0 Å². The maximum absolute atomic E-state index is 6.41. The van der Waals surface area contributed by atoms with Gasteiger partial charge >= 0.3 is 0 Å². The Morgan fingerprint density at radius 1 is 1.03 bits per heavy atom. The number of hydrogen-bond donors (Lipinski definition) is 0. The van der Waals surface area contributed by atoms with E-state index in [0.717, 1.165) is 92.9 Å². The Hall–Kier alpha value is -2.75. The van der Waals surface area contributed by atoms with Crippen LogP contribution < -0.4 is 9.80 Å². The molecule has 1 spiro atoms. The maximum atomic E-state index is 6.41. The van der Waals surface area contributed by atoms with Crippen LogP contribution >= 0.6 is 11.6 Å². The Balaban J connectivity index is 1.14. The summed E-state index contributed by atoms with van der Waals surface area (Å²) in [5, 5.41) is 10.1. The molecule has 1 aromatic carbocycles. The zero-order valence-corrected chi connectivity index (χ0v) is 19.9. The summed E-state index contributed by atoms with van der Waals surface area (Å²) in [6.07, 6.45) is 4.82. The van der Waals surface area contributed by atoms with E-state index < -0.39 is 0 Å². The topological polar surface area (TPSA) is 75.4 Å². The molecule has 3 fully saturated rings. The van der Waals surface area contributed by atoms with E-state index in [2.05, 4.69) is 51.6 Å². The molecule has 176 valence electrons. The van der Waals surface area contributed by atoms with Crippen molar-refractivity contribution in [3.05, 3.63) is 52.6 Å². The molecule has 4 aliphatic heterocycles. The molecule has 3 saturated heterocycles. The van der Waals surface area contributed by atoms with Gasteiger partial charge in [0, 0.05) is 68.2 Å². The average Bonchev–Trinajstić information content (AvgIpc) is 3.41. The third kappa shape index (κ3) is 3.29. The Morgan fingerprint density at radius 2 is 1.82 bits per heavy atom. The molecule has 1 atom stereocenters. The lowest BCUT2D eigenvalue weighted by atomic mass is 9.73. The normalized spacial score (nSPS) is 23.3. The van der Waals surface area contributed by atoms with Crippen LogP contribution in [0, 0.1) is 12.3 Å². The van der Waals surface area contributed by atoms with Crippen LogP contribution in [-0.4, -0.2) is 75.1 Å². The van der Waals surface area contributed by atoms with Crippen molar-refractivity contribution in [2.45, 2.75) is 32.5 Å². The van der Waals surface area contributed by atoms with Gasteiger partial charge in [0.2, 0.25) is 11.9 Å². The van der Waals surface area contributed by atoms with E-state index in [9.17, 15) is 0 Å². The fraction of sp³-hybridized carbons (Fsp3) is 0.500. The van der Waals surface area contributed by atoms with Crippen molar-refractivity contribution in [1.82, 2.24) is 29.6 Å². The molecule has 3 aromatic rings. The summed E-state index contributed by atoms with van der Waals surface area (Å²) in [6, 6.07) is 6.56. The van der Waals surface area contributed by atoms with Crippen LogP contribution in [0.2, 0.25) is 5.02 Å². The molecule has 34 heavy (non-hydrogen) atoms. The molecule has 2 aromatic heterocycles. The summed E-state index contributed by atoms with van der Waals surface area (Å²) in [4.78, 5) is 16.0. The fourth-order valence-corrected chi connectivity index (χ4v) is 6.04. The minimum atomic E-state index is 0.279.